The van der Waals surface area contributed by atoms with E-state index in [4.69, 9.17) is 5.11 Å². The third-order valence-corrected chi connectivity index (χ3v) is 1.98. The first-order valence-electron chi connectivity index (χ1n) is 4.34. The average molecular weight is 234 g/mol. The molecule has 0 fully saturated rings. The van der Waals surface area contributed by atoms with Crippen LogP contribution in [-0.4, -0.2) is 16.0 Å². The molecule has 16 heavy (non-hydrogen) atoms. The van der Waals surface area contributed by atoms with E-state index in [0.29, 0.717) is 6.07 Å². The van der Waals surface area contributed by atoms with Crippen LogP contribution in [0.5, 0.6) is 11.5 Å². The van der Waals surface area contributed by atoms with Gasteiger partial charge in [-0.1, -0.05) is 6.07 Å². The largest absolute Gasteiger partial charge is 0.504 e. The van der Waals surface area contributed by atoms with E-state index in [1.54, 1.807) is 0 Å². The monoisotopic (exact) mass is 234 g/mol. The van der Waals surface area contributed by atoms with E-state index in [1.165, 1.54) is 6.92 Å². The maximum absolute atomic E-state index is 12.3. The van der Waals surface area contributed by atoms with E-state index in [2.05, 4.69) is 0 Å². The van der Waals surface area contributed by atoms with E-state index in [1.807, 2.05) is 0 Å². The molecule has 0 radical (unpaired) electrons. The van der Waals surface area contributed by atoms with Crippen molar-refractivity contribution in [2.75, 3.05) is 0 Å². The van der Waals surface area contributed by atoms with Gasteiger partial charge in [0.05, 0.1) is 0 Å². The number of ketones is 1. The molecule has 3 nitrogen and oxygen atoms in total. The number of rotatable bonds is 2. The van der Waals surface area contributed by atoms with Crippen LogP contribution < -0.4 is 0 Å². The minimum Gasteiger partial charge on any atom is -0.504 e. The average Bonchev–Trinajstić information content (AvgIpc) is 2.10. The summed E-state index contributed by atoms with van der Waals surface area (Å²) in [6.07, 6.45) is -4.96. The molecule has 0 aliphatic rings. The SMILES string of the molecule is CC(=O)Cc1ccc(C(F)(F)F)c(O)c1O. The Bertz CT molecular complexity index is 424. The Morgan fingerprint density at radius 3 is 2.25 bits per heavy atom. The number of carbonyl (C=O) groups is 1. The molecule has 0 aromatic heterocycles. The zero-order valence-electron chi connectivity index (χ0n) is 8.30. The summed E-state index contributed by atoms with van der Waals surface area (Å²) in [5.74, 6) is -2.47. The first-order chi connectivity index (χ1) is 7.23. The predicted molar refractivity (Wildman–Crippen MR) is 49.2 cm³/mol. The molecule has 0 saturated carbocycles. The molecule has 0 atom stereocenters. The summed E-state index contributed by atoms with van der Waals surface area (Å²) in [5, 5.41) is 18.4. The highest BCUT2D eigenvalue weighted by atomic mass is 19.4. The topological polar surface area (TPSA) is 57.5 Å². The minimum absolute atomic E-state index is 0.0296. The van der Waals surface area contributed by atoms with Crippen molar-refractivity contribution < 1.29 is 28.2 Å². The molecule has 0 heterocycles. The number of phenols is 2. The Morgan fingerprint density at radius 1 is 1.25 bits per heavy atom. The standard InChI is InChI=1S/C10H9F3O3/c1-5(14)4-6-2-3-7(10(11,12)13)9(16)8(6)15/h2-3,15-16H,4H2,1H3. The molecule has 1 rings (SSSR count). The third-order valence-electron chi connectivity index (χ3n) is 1.98. The first kappa shape index (κ1) is 12.4. The molecule has 1 aromatic carbocycles. The fraction of sp³-hybridized carbons (Fsp3) is 0.300. The number of phenolic OH excluding ortho intramolecular Hbond substituents is 2. The van der Waals surface area contributed by atoms with Crippen molar-refractivity contribution in [2.45, 2.75) is 19.5 Å². The molecule has 0 amide bonds. The normalized spacial score (nSPS) is 11.5. The van der Waals surface area contributed by atoms with Crippen LogP contribution in [0, 0.1) is 0 Å². The lowest BCUT2D eigenvalue weighted by Crippen LogP contribution is -2.06. The Morgan fingerprint density at radius 2 is 1.81 bits per heavy atom. The zero-order valence-corrected chi connectivity index (χ0v) is 8.30. The van der Waals surface area contributed by atoms with Gasteiger partial charge in [-0.15, -0.1) is 0 Å². The summed E-state index contributed by atoms with van der Waals surface area (Å²) < 4.78 is 36.9. The third kappa shape index (κ3) is 2.44. The Balaban J connectivity index is 3.24. The maximum Gasteiger partial charge on any atom is 0.420 e. The van der Waals surface area contributed by atoms with E-state index in [9.17, 15) is 23.1 Å². The van der Waals surface area contributed by atoms with E-state index >= 15 is 0 Å². The molecule has 2 N–H and O–H groups in total. The number of alkyl halides is 3. The summed E-state index contributed by atoms with van der Waals surface area (Å²) in [5.41, 5.74) is -1.35. The maximum atomic E-state index is 12.3. The predicted octanol–water partition coefficient (Wildman–Crippen LogP) is 2.25. The Kier molecular flexibility index (Phi) is 3.11. The Labute approximate surface area is 89.1 Å². The number of halogens is 3. The van der Waals surface area contributed by atoms with Gasteiger partial charge in [-0.2, -0.15) is 13.2 Å². The van der Waals surface area contributed by atoms with Gasteiger partial charge in [0.15, 0.2) is 11.5 Å². The second-order valence-corrected chi connectivity index (χ2v) is 3.35. The van der Waals surface area contributed by atoms with Crippen LogP contribution in [0.4, 0.5) is 13.2 Å². The van der Waals surface area contributed by atoms with E-state index < -0.39 is 23.2 Å². The summed E-state index contributed by atoms with van der Waals surface area (Å²) >= 11 is 0. The summed E-state index contributed by atoms with van der Waals surface area (Å²) in [6.45, 7) is 1.23. The van der Waals surface area contributed by atoms with Crippen LogP contribution in [0.1, 0.15) is 18.1 Å². The Hall–Kier alpha value is -1.72. The van der Waals surface area contributed by atoms with Crippen molar-refractivity contribution in [1.29, 1.82) is 0 Å². The lowest BCUT2D eigenvalue weighted by molar-refractivity contribution is -0.138. The van der Waals surface area contributed by atoms with Crippen molar-refractivity contribution >= 4 is 5.78 Å². The highest BCUT2D eigenvalue weighted by Crippen LogP contribution is 2.42. The fourth-order valence-corrected chi connectivity index (χ4v) is 1.26. The summed E-state index contributed by atoms with van der Waals surface area (Å²) in [4.78, 5) is 10.7. The molecule has 0 aliphatic carbocycles. The second-order valence-electron chi connectivity index (χ2n) is 3.35. The van der Waals surface area contributed by atoms with Crippen molar-refractivity contribution in [1.82, 2.24) is 0 Å². The second kappa shape index (κ2) is 4.03. The molecule has 0 bridgehead atoms. The van der Waals surface area contributed by atoms with Crippen LogP contribution in [0.25, 0.3) is 0 Å². The van der Waals surface area contributed by atoms with Gasteiger partial charge in [-0.05, 0) is 13.0 Å². The number of hydrogen-bond acceptors (Lipinski definition) is 3. The first-order valence-corrected chi connectivity index (χ1v) is 4.34. The molecule has 6 heteroatoms. The lowest BCUT2D eigenvalue weighted by Gasteiger charge is -2.12. The summed E-state index contributed by atoms with van der Waals surface area (Å²) in [6, 6.07) is 1.60. The van der Waals surface area contributed by atoms with Gasteiger partial charge in [0.2, 0.25) is 0 Å². The van der Waals surface area contributed by atoms with Gasteiger partial charge < -0.3 is 10.2 Å². The highest BCUT2D eigenvalue weighted by Gasteiger charge is 2.35. The molecule has 0 unspecified atom stereocenters. The van der Waals surface area contributed by atoms with Gasteiger partial charge in [-0.25, -0.2) is 0 Å². The minimum atomic E-state index is -4.74. The number of carbonyl (C=O) groups excluding carboxylic acids is 1. The molecule has 0 aliphatic heterocycles. The van der Waals surface area contributed by atoms with Crippen LogP contribution in [-0.2, 0) is 17.4 Å². The van der Waals surface area contributed by atoms with Gasteiger partial charge in [0, 0.05) is 12.0 Å². The van der Waals surface area contributed by atoms with Gasteiger partial charge >= 0.3 is 6.18 Å². The number of aromatic hydroxyl groups is 2. The molecule has 0 saturated heterocycles. The van der Waals surface area contributed by atoms with Crippen molar-refractivity contribution in [2.24, 2.45) is 0 Å². The van der Waals surface area contributed by atoms with Crippen LogP contribution >= 0.6 is 0 Å². The van der Waals surface area contributed by atoms with Crippen LogP contribution in [0.3, 0.4) is 0 Å². The quantitative estimate of drug-likeness (QED) is 0.771. The summed E-state index contributed by atoms with van der Waals surface area (Å²) in [7, 11) is 0. The smallest absolute Gasteiger partial charge is 0.420 e. The molecule has 1 aromatic rings. The van der Waals surface area contributed by atoms with Gasteiger partial charge in [0.1, 0.15) is 11.3 Å². The van der Waals surface area contributed by atoms with Crippen LogP contribution in [0.15, 0.2) is 12.1 Å². The molecular weight excluding hydrogens is 225 g/mol. The number of benzene rings is 1. The number of Topliss-reactive ketones (excluding diaryl/α,β-unsaturated/α-hetero) is 1. The van der Waals surface area contributed by atoms with Crippen LogP contribution in [0.2, 0.25) is 0 Å². The highest BCUT2D eigenvalue weighted by molar-refractivity contribution is 5.79. The van der Waals surface area contributed by atoms with Gasteiger partial charge in [0.25, 0.3) is 0 Å². The number of hydrogen-bond donors (Lipinski definition) is 2. The van der Waals surface area contributed by atoms with Crippen molar-refractivity contribution in [3.05, 3.63) is 23.3 Å². The molecule has 0 spiro atoms. The van der Waals surface area contributed by atoms with E-state index in [-0.39, 0.29) is 17.8 Å². The lowest BCUT2D eigenvalue weighted by atomic mass is 10.0. The van der Waals surface area contributed by atoms with Crippen molar-refractivity contribution in [3.63, 3.8) is 0 Å². The van der Waals surface area contributed by atoms with Crippen molar-refractivity contribution in [3.8, 4) is 11.5 Å². The van der Waals surface area contributed by atoms with E-state index in [0.717, 1.165) is 6.07 Å². The molecule has 88 valence electrons. The fourth-order valence-electron chi connectivity index (χ4n) is 1.26. The van der Waals surface area contributed by atoms with Gasteiger partial charge in [-0.3, -0.25) is 4.79 Å². The molecular formula is C10H9F3O3. The zero-order chi connectivity index (χ0) is 12.5.